The summed E-state index contributed by atoms with van der Waals surface area (Å²) in [6.45, 7) is 8.85. The molecule has 0 aliphatic carbocycles. The number of nitrogens with one attached hydrogen (secondary N) is 1. The number of nitrogens with zero attached hydrogens (tertiary/aromatic N) is 1. The van der Waals surface area contributed by atoms with E-state index >= 15 is 0 Å². The van der Waals surface area contributed by atoms with Crippen LogP contribution in [-0.4, -0.2) is 11.5 Å². The van der Waals surface area contributed by atoms with Crippen molar-refractivity contribution < 1.29 is 13.2 Å². The van der Waals surface area contributed by atoms with E-state index in [1.807, 2.05) is 27.7 Å². The fourth-order valence-corrected chi connectivity index (χ4v) is 2.76. The normalized spacial score (nSPS) is 14.1. The number of hydrogen-bond donors (Lipinski definition) is 1. The van der Waals surface area contributed by atoms with Crippen LogP contribution in [0.5, 0.6) is 0 Å². The highest BCUT2D eigenvalue weighted by molar-refractivity contribution is 7.11. The first kappa shape index (κ1) is 16.4. The van der Waals surface area contributed by atoms with Crippen molar-refractivity contribution in [3.8, 4) is 0 Å². The minimum Gasteiger partial charge on any atom is -0.312 e. The quantitative estimate of drug-likeness (QED) is 0.840. The highest BCUT2D eigenvalue weighted by Gasteiger charge is 2.37. The van der Waals surface area contributed by atoms with Gasteiger partial charge in [0.25, 0.3) is 0 Å². The van der Waals surface area contributed by atoms with E-state index in [2.05, 4.69) is 10.3 Å². The van der Waals surface area contributed by atoms with Gasteiger partial charge in [-0.15, -0.1) is 11.3 Å². The van der Waals surface area contributed by atoms with Crippen molar-refractivity contribution in [1.29, 1.82) is 0 Å². The van der Waals surface area contributed by atoms with Crippen LogP contribution in [0.4, 0.5) is 13.2 Å². The number of thiazole rings is 1. The summed E-state index contributed by atoms with van der Waals surface area (Å²) in [6.07, 6.45) is -3.57. The zero-order valence-corrected chi connectivity index (χ0v) is 12.6. The summed E-state index contributed by atoms with van der Waals surface area (Å²) in [5.41, 5.74) is -0.718. The minimum absolute atomic E-state index is 0.0740. The van der Waals surface area contributed by atoms with Crippen LogP contribution in [0.2, 0.25) is 0 Å². The lowest BCUT2D eigenvalue weighted by Gasteiger charge is -2.08. The average molecular weight is 294 g/mol. The highest BCUT2D eigenvalue weighted by Crippen LogP contribution is 2.36. The van der Waals surface area contributed by atoms with Crippen LogP contribution in [0, 0.1) is 5.92 Å². The molecule has 1 rings (SSSR count). The molecule has 0 fully saturated rings. The first-order valence-electron chi connectivity index (χ1n) is 6.53. The van der Waals surface area contributed by atoms with Gasteiger partial charge in [-0.3, -0.25) is 0 Å². The van der Waals surface area contributed by atoms with Gasteiger partial charge in [-0.1, -0.05) is 27.7 Å². The lowest BCUT2D eigenvalue weighted by atomic mass is 10.1. The Morgan fingerprint density at radius 3 is 2.37 bits per heavy atom. The Bertz CT molecular complexity index is 399. The largest absolute Gasteiger partial charge is 0.434 e. The Balaban J connectivity index is 2.90. The van der Waals surface area contributed by atoms with E-state index < -0.39 is 11.9 Å². The van der Waals surface area contributed by atoms with E-state index in [1.54, 1.807) is 0 Å². The van der Waals surface area contributed by atoms with Crippen molar-refractivity contribution in [3.63, 3.8) is 0 Å². The molecule has 6 heteroatoms. The second-order valence-electron chi connectivity index (χ2n) is 5.16. The van der Waals surface area contributed by atoms with Crippen LogP contribution in [0.1, 0.15) is 55.6 Å². The van der Waals surface area contributed by atoms with E-state index in [9.17, 15) is 13.2 Å². The second-order valence-corrected chi connectivity index (χ2v) is 6.27. The van der Waals surface area contributed by atoms with Gasteiger partial charge in [0.15, 0.2) is 5.69 Å². The Labute approximate surface area is 116 Å². The third-order valence-electron chi connectivity index (χ3n) is 2.85. The third-order valence-corrected chi connectivity index (χ3v) is 4.14. The summed E-state index contributed by atoms with van der Waals surface area (Å²) in [6, 6.07) is 0. The molecule has 0 saturated heterocycles. The van der Waals surface area contributed by atoms with Gasteiger partial charge in [0.2, 0.25) is 0 Å². The van der Waals surface area contributed by atoms with Gasteiger partial charge in [-0.25, -0.2) is 4.98 Å². The first-order chi connectivity index (χ1) is 8.75. The van der Waals surface area contributed by atoms with Crippen molar-refractivity contribution in [2.45, 2.75) is 52.8 Å². The van der Waals surface area contributed by atoms with Crippen molar-refractivity contribution in [2.75, 3.05) is 6.54 Å². The smallest absolute Gasteiger partial charge is 0.312 e. The van der Waals surface area contributed by atoms with Crippen molar-refractivity contribution >= 4 is 11.3 Å². The summed E-state index contributed by atoms with van der Waals surface area (Å²) >= 11 is 1.18. The third kappa shape index (κ3) is 4.76. The summed E-state index contributed by atoms with van der Waals surface area (Å²) in [5, 5.41) is 3.63. The van der Waals surface area contributed by atoms with Crippen LogP contribution >= 0.6 is 11.3 Å². The average Bonchev–Trinajstić information content (AvgIpc) is 2.71. The zero-order chi connectivity index (χ0) is 14.6. The monoisotopic (exact) mass is 294 g/mol. The summed E-state index contributed by atoms with van der Waals surface area (Å²) < 4.78 is 38.8. The van der Waals surface area contributed by atoms with Gasteiger partial charge in [0, 0.05) is 12.5 Å². The Kier molecular flexibility index (Phi) is 5.80. The van der Waals surface area contributed by atoms with Crippen LogP contribution < -0.4 is 5.32 Å². The molecule has 0 radical (unpaired) electrons. The molecule has 110 valence electrons. The molecule has 0 aliphatic rings. The molecule has 1 aromatic heterocycles. The molecule has 0 aromatic carbocycles. The van der Waals surface area contributed by atoms with E-state index in [4.69, 9.17) is 0 Å². The summed E-state index contributed by atoms with van der Waals surface area (Å²) in [5.74, 6) is 0.487. The van der Waals surface area contributed by atoms with Crippen LogP contribution in [-0.2, 0) is 12.7 Å². The van der Waals surface area contributed by atoms with Gasteiger partial charge in [-0.05, 0) is 18.9 Å². The molecule has 0 amide bonds. The van der Waals surface area contributed by atoms with Crippen LogP contribution in [0.25, 0.3) is 0 Å². The van der Waals surface area contributed by atoms with Gasteiger partial charge >= 0.3 is 6.18 Å². The number of halogens is 3. The van der Waals surface area contributed by atoms with E-state index in [1.165, 1.54) is 11.3 Å². The molecule has 1 unspecified atom stereocenters. The fraction of sp³-hybridized carbons (Fsp3) is 0.769. The highest BCUT2D eigenvalue weighted by atomic mass is 32.1. The standard InChI is InChI=1S/C13H21F3N2S/c1-5-9(4)12-18-11(13(14,15)16)10(19-12)7-17-6-8(2)3/h8-9,17H,5-7H2,1-4H3. The van der Waals surface area contributed by atoms with Gasteiger partial charge in [-0.2, -0.15) is 13.2 Å². The maximum absolute atomic E-state index is 12.9. The van der Waals surface area contributed by atoms with Crippen molar-refractivity contribution in [2.24, 2.45) is 5.92 Å². The van der Waals surface area contributed by atoms with E-state index in [0.717, 1.165) is 6.42 Å². The first-order valence-corrected chi connectivity index (χ1v) is 7.34. The Morgan fingerprint density at radius 2 is 1.89 bits per heavy atom. The van der Waals surface area contributed by atoms with Crippen molar-refractivity contribution in [3.05, 3.63) is 15.6 Å². The minimum atomic E-state index is -4.36. The van der Waals surface area contributed by atoms with E-state index in [-0.39, 0.29) is 12.5 Å². The lowest BCUT2D eigenvalue weighted by molar-refractivity contribution is -0.141. The Hall–Kier alpha value is -0.620. The van der Waals surface area contributed by atoms with Gasteiger partial charge in [0.05, 0.1) is 9.88 Å². The molecule has 1 N–H and O–H groups in total. The molecular formula is C13H21F3N2S. The van der Waals surface area contributed by atoms with Crippen LogP contribution in [0.15, 0.2) is 0 Å². The molecule has 2 nitrogen and oxygen atoms in total. The van der Waals surface area contributed by atoms with Gasteiger partial charge < -0.3 is 5.32 Å². The molecule has 0 aliphatic heterocycles. The molecule has 0 spiro atoms. The maximum atomic E-state index is 12.9. The summed E-state index contributed by atoms with van der Waals surface area (Å²) in [4.78, 5) is 4.10. The number of alkyl halides is 3. The SMILES string of the molecule is CCC(C)c1nc(C(F)(F)F)c(CNCC(C)C)s1. The number of aromatic nitrogens is 1. The Morgan fingerprint density at radius 1 is 1.26 bits per heavy atom. The second kappa shape index (κ2) is 6.70. The molecule has 1 aromatic rings. The van der Waals surface area contributed by atoms with E-state index in [0.29, 0.717) is 22.3 Å². The van der Waals surface area contributed by atoms with Crippen LogP contribution in [0.3, 0.4) is 0 Å². The van der Waals surface area contributed by atoms with Gasteiger partial charge in [0.1, 0.15) is 0 Å². The number of hydrogen-bond acceptors (Lipinski definition) is 3. The maximum Gasteiger partial charge on any atom is 0.434 e. The topological polar surface area (TPSA) is 24.9 Å². The summed E-state index contributed by atoms with van der Waals surface area (Å²) in [7, 11) is 0. The molecule has 19 heavy (non-hydrogen) atoms. The predicted molar refractivity (Wildman–Crippen MR) is 72.4 cm³/mol. The molecule has 1 heterocycles. The zero-order valence-electron chi connectivity index (χ0n) is 11.8. The molecular weight excluding hydrogens is 273 g/mol. The molecule has 1 atom stereocenters. The predicted octanol–water partition coefficient (Wildman–Crippen LogP) is 4.42. The molecule has 0 saturated carbocycles. The molecule has 0 bridgehead atoms. The lowest BCUT2D eigenvalue weighted by Crippen LogP contribution is -2.20. The number of rotatable bonds is 6. The van der Waals surface area contributed by atoms with Crippen molar-refractivity contribution in [1.82, 2.24) is 10.3 Å². The fourth-order valence-electron chi connectivity index (χ4n) is 1.57.